The van der Waals surface area contributed by atoms with Crippen LogP contribution in [-0.4, -0.2) is 5.11 Å². The minimum Gasteiger partial charge on any atom is -0.505 e. The van der Waals surface area contributed by atoms with Crippen LogP contribution in [0.1, 0.15) is 22.3 Å². The van der Waals surface area contributed by atoms with E-state index in [2.05, 4.69) is 46.4 Å². The fraction of sp³-hybridized carbons (Fsp3) is 0.133. The van der Waals surface area contributed by atoms with E-state index in [9.17, 15) is 5.11 Å². The van der Waals surface area contributed by atoms with Crippen molar-refractivity contribution in [3.8, 4) is 5.75 Å². The molecule has 0 saturated heterocycles. The molecule has 0 radical (unpaired) electrons. The lowest BCUT2D eigenvalue weighted by Crippen LogP contribution is -1.88. The lowest BCUT2D eigenvalue weighted by Gasteiger charge is -2.12. The average molecular weight is 459 g/mol. The summed E-state index contributed by atoms with van der Waals surface area (Å²) in [5, 5.41) is 32.6. The van der Waals surface area contributed by atoms with Crippen molar-refractivity contribution in [2.75, 3.05) is 0 Å². The van der Waals surface area contributed by atoms with Gasteiger partial charge in [0.05, 0.1) is 17.1 Å². The van der Waals surface area contributed by atoms with Gasteiger partial charge in [0.2, 0.25) is 0 Å². The lowest BCUT2D eigenvalue weighted by molar-refractivity contribution is 0.482. The third kappa shape index (κ3) is 4.28. The van der Waals surface area contributed by atoms with E-state index in [1.54, 1.807) is 0 Å². The first-order chi connectivity index (χ1) is 16.9. The summed E-state index contributed by atoms with van der Waals surface area (Å²) in [4.78, 5) is 0. The molecule has 0 bridgehead atoms. The number of rotatable bonds is 4. The van der Waals surface area contributed by atoms with Gasteiger partial charge in [-0.1, -0.05) is 48.0 Å². The highest BCUT2D eigenvalue weighted by atomic mass is 16.3. The zero-order valence-electron chi connectivity index (χ0n) is 20.2. The van der Waals surface area contributed by atoms with E-state index >= 15 is 0 Å². The zero-order chi connectivity index (χ0) is 24.5. The molecule has 0 aliphatic carbocycles. The molecule has 35 heavy (non-hydrogen) atoms. The maximum Gasteiger partial charge on any atom is 0.151 e. The van der Waals surface area contributed by atoms with Gasteiger partial charge >= 0.3 is 0 Å². The largest absolute Gasteiger partial charge is 0.505 e. The SMILES string of the molecule is Cc1ccc2c(N=Nc3ccccc3)ccc(N=Nc3ccc4c(C)cc(C)c(C)c4c3O)c2c1. The summed E-state index contributed by atoms with van der Waals surface area (Å²) in [5.74, 6) is 0.157. The summed E-state index contributed by atoms with van der Waals surface area (Å²) < 4.78 is 0. The monoisotopic (exact) mass is 458 g/mol. The number of aromatic hydroxyl groups is 1. The molecule has 0 fully saturated rings. The summed E-state index contributed by atoms with van der Waals surface area (Å²) in [6, 6.07) is 25.6. The molecule has 0 aliphatic heterocycles. The van der Waals surface area contributed by atoms with Crippen LogP contribution in [0.2, 0.25) is 0 Å². The van der Waals surface area contributed by atoms with E-state index in [1.165, 1.54) is 0 Å². The van der Waals surface area contributed by atoms with Gasteiger partial charge in [0.1, 0.15) is 5.69 Å². The van der Waals surface area contributed by atoms with Crippen molar-refractivity contribution >= 4 is 44.3 Å². The van der Waals surface area contributed by atoms with Gasteiger partial charge in [-0.05, 0) is 86.2 Å². The van der Waals surface area contributed by atoms with Gasteiger partial charge < -0.3 is 5.11 Å². The minimum absolute atomic E-state index is 0.157. The van der Waals surface area contributed by atoms with Crippen LogP contribution in [0.3, 0.4) is 0 Å². The van der Waals surface area contributed by atoms with Crippen LogP contribution in [-0.2, 0) is 0 Å². The smallest absolute Gasteiger partial charge is 0.151 e. The van der Waals surface area contributed by atoms with Gasteiger partial charge in [0.25, 0.3) is 0 Å². The van der Waals surface area contributed by atoms with Crippen LogP contribution < -0.4 is 0 Å². The Balaban J connectivity index is 1.58. The van der Waals surface area contributed by atoms with E-state index in [0.717, 1.165) is 55.2 Å². The zero-order valence-corrected chi connectivity index (χ0v) is 20.2. The molecule has 5 aromatic rings. The van der Waals surface area contributed by atoms with Crippen LogP contribution in [0.25, 0.3) is 21.5 Å². The number of phenolic OH excluding ortho intramolecular Hbond substituents is 1. The Kier molecular flexibility index (Phi) is 5.83. The van der Waals surface area contributed by atoms with E-state index in [1.807, 2.05) is 80.6 Å². The minimum atomic E-state index is 0.157. The first kappa shape index (κ1) is 22.4. The van der Waals surface area contributed by atoms with Crippen LogP contribution in [0, 0.1) is 27.7 Å². The summed E-state index contributed by atoms with van der Waals surface area (Å²) in [7, 11) is 0. The van der Waals surface area contributed by atoms with Crippen molar-refractivity contribution in [2.45, 2.75) is 27.7 Å². The van der Waals surface area contributed by atoms with Crippen molar-refractivity contribution in [2.24, 2.45) is 20.5 Å². The van der Waals surface area contributed by atoms with Crippen molar-refractivity contribution in [1.29, 1.82) is 0 Å². The molecule has 0 amide bonds. The molecule has 0 spiro atoms. The van der Waals surface area contributed by atoms with Crippen molar-refractivity contribution in [3.63, 3.8) is 0 Å². The molecular weight excluding hydrogens is 432 g/mol. The second-order valence-electron chi connectivity index (χ2n) is 8.88. The van der Waals surface area contributed by atoms with Crippen molar-refractivity contribution < 1.29 is 5.11 Å². The molecule has 0 saturated carbocycles. The maximum absolute atomic E-state index is 11.1. The normalized spacial score (nSPS) is 11.9. The van der Waals surface area contributed by atoms with Gasteiger partial charge in [-0.3, -0.25) is 0 Å². The first-order valence-corrected chi connectivity index (χ1v) is 11.6. The number of nitrogens with zero attached hydrogens (tertiary/aromatic N) is 4. The second-order valence-corrected chi connectivity index (χ2v) is 8.88. The van der Waals surface area contributed by atoms with Crippen LogP contribution in [0.15, 0.2) is 99.3 Å². The van der Waals surface area contributed by atoms with Gasteiger partial charge in [-0.15, -0.1) is 15.3 Å². The van der Waals surface area contributed by atoms with Crippen LogP contribution in [0.5, 0.6) is 5.75 Å². The van der Waals surface area contributed by atoms with Crippen LogP contribution >= 0.6 is 0 Å². The van der Waals surface area contributed by atoms with E-state index < -0.39 is 0 Å². The second kappa shape index (κ2) is 9.11. The van der Waals surface area contributed by atoms with Crippen LogP contribution in [0.4, 0.5) is 22.7 Å². The number of azo groups is 2. The van der Waals surface area contributed by atoms with Gasteiger partial charge in [0.15, 0.2) is 5.75 Å². The summed E-state index contributed by atoms with van der Waals surface area (Å²) >= 11 is 0. The lowest BCUT2D eigenvalue weighted by atomic mass is 9.95. The topological polar surface area (TPSA) is 69.7 Å². The molecular formula is C30H26N4O. The van der Waals surface area contributed by atoms with E-state index in [0.29, 0.717) is 11.4 Å². The predicted octanol–water partition coefficient (Wildman–Crippen LogP) is 9.76. The fourth-order valence-corrected chi connectivity index (χ4v) is 4.40. The highest BCUT2D eigenvalue weighted by Gasteiger charge is 2.13. The Bertz CT molecular complexity index is 1640. The average Bonchev–Trinajstić information content (AvgIpc) is 2.86. The molecule has 0 heterocycles. The Morgan fingerprint density at radius 1 is 0.543 bits per heavy atom. The summed E-state index contributed by atoms with van der Waals surface area (Å²) in [6.45, 7) is 8.18. The quantitative estimate of drug-likeness (QED) is 0.267. The molecule has 5 heteroatoms. The third-order valence-corrected chi connectivity index (χ3v) is 6.40. The number of hydrogen-bond acceptors (Lipinski definition) is 5. The summed E-state index contributed by atoms with van der Waals surface area (Å²) in [6.07, 6.45) is 0. The Morgan fingerprint density at radius 3 is 1.94 bits per heavy atom. The molecule has 1 N–H and O–H groups in total. The number of fused-ring (bicyclic) bond motifs is 2. The van der Waals surface area contributed by atoms with Gasteiger partial charge in [0, 0.05) is 16.2 Å². The Morgan fingerprint density at radius 2 is 1.17 bits per heavy atom. The number of phenols is 1. The summed E-state index contributed by atoms with van der Waals surface area (Å²) in [5.41, 5.74) is 7.14. The van der Waals surface area contributed by atoms with Crippen molar-refractivity contribution in [3.05, 3.63) is 101 Å². The highest BCUT2D eigenvalue weighted by Crippen LogP contribution is 2.41. The molecule has 5 rings (SSSR count). The molecule has 0 aliphatic rings. The molecule has 5 nitrogen and oxygen atoms in total. The number of aryl methyl sites for hydroxylation is 4. The number of hydrogen-bond donors (Lipinski definition) is 1. The van der Waals surface area contributed by atoms with E-state index in [-0.39, 0.29) is 5.75 Å². The molecule has 172 valence electrons. The van der Waals surface area contributed by atoms with Gasteiger partial charge in [-0.2, -0.15) is 5.11 Å². The number of benzene rings is 5. The van der Waals surface area contributed by atoms with Crippen molar-refractivity contribution in [1.82, 2.24) is 0 Å². The van der Waals surface area contributed by atoms with Gasteiger partial charge in [-0.25, -0.2) is 0 Å². The third-order valence-electron chi connectivity index (χ3n) is 6.40. The molecule has 5 aromatic carbocycles. The maximum atomic E-state index is 11.1. The molecule has 0 unspecified atom stereocenters. The standard InChI is InChI=1S/C30H26N4O/c1-18-10-11-24-25(16-18)27(15-14-26(24)32-31-22-8-6-5-7-9-22)33-34-28-13-12-23-20(3)17-19(2)21(4)29(23)30(28)35/h5-17,35H,1-4H3. The first-order valence-electron chi connectivity index (χ1n) is 11.6. The molecule has 0 atom stereocenters. The predicted molar refractivity (Wildman–Crippen MR) is 143 cm³/mol. The molecule has 0 aromatic heterocycles. The highest BCUT2D eigenvalue weighted by molar-refractivity contribution is 6.00. The Labute approximate surface area is 204 Å². The fourth-order valence-electron chi connectivity index (χ4n) is 4.40. The van der Waals surface area contributed by atoms with E-state index in [4.69, 9.17) is 0 Å². The Hall–Kier alpha value is -4.38.